The van der Waals surface area contributed by atoms with Gasteiger partial charge in [-0.05, 0) is 72.7 Å². The van der Waals surface area contributed by atoms with Crippen LogP contribution < -0.4 is 15.4 Å². The van der Waals surface area contributed by atoms with Crippen LogP contribution in [0.1, 0.15) is 36.8 Å². The number of amides is 2. The normalized spacial score (nSPS) is 15.8. The van der Waals surface area contributed by atoms with Gasteiger partial charge in [-0.15, -0.1) is 9.03 Å². The third-order valence-corrected chi connectivity index (χ3v) is 8.64. The zero-order chi connectivity index (χ0) is 27.8. The van der Waals surface area contributed by atoms with Gasteiger partial charge in [0.2, 0.25) is 0 Å². The van der Waals surface area contributed by atoms with Gasteiger partial charge in [-0.25, -0.2) is 4.79 Å². The number of halogens is 2. The number of nitriles is 1. The van der Waals surface area contributed by atoms with E-state index in [-0.39, 0.29) is 11.9 Å². The van der Waals surface area contributed by atoms with Crippen molar-refractivity contribution in [1.82, 2.24) is 14.3 Å². The molecule has 0 bridgehead atoms. The van der Waals surface area contributed by atoms with Crippen LogP contribution in [0, 0.1) is 17.2 Å². The van der Waals surface area contributed by atoms with E-state index in [4.69, 9.17) is 23.2 Å². The SMILES string of the molecule is CCN[S+]([O-])N1CCC(C(CNC(=O)Nc2cc(Cl)cc(Cl)c2)c2ccc(-c3cccc(C#N)c3)cc2)CC1. The summed E-state index contributed by atoms with van der Waals surface area (Å²) in [7, 11) is 0. The second-order valence-electron chi connectivity index (χ2n) is 9.43. The molecule has 1 fully saturated rings. The highest BCUT2D eigenvalue weighted by Crippen LogP contribution is 2.34. The summed E-state index contributed by atoms with van der Waals surface area (Å²) < 4.78 is 17.4. The molecule has 204 valence electrons. The predicted octanol–water partition coefficient (Wildman–Crippen LogP) is 6.34. The summed E-state index contributed by atoms with van der Waals surface area (Å²) in [5.41, 5.74) is 4.26. The molecule has 2 unspecified atom stereocenters. The molecule has 0 aromatic heterocycles. The quantitative estimate of drug-likeness (QED) is 0.255. The van der Waals surface area contributed by atoms with Crippen LogP contribution in [0.25, 0.3) is 11.1 Å². The van der Waals surface area contributed by atoms with Gasteiger partial charge in [0.1, 0.15) is 11.5 Å². The second kappa shape index (κ2) is 14.0. The first-order valence-corrected chi connectivity index (χ1v) is 14.7. The fourth-order valence-corrected chi connectivity index (χ4v) is 6.41. The Hall–Kier alpha value is -2.77. The average molecular weight is 585 g/mol. The highest BCUT2D eigenvalue weighted by Gasteiger charge is 2.32. The van der Waals surface area contributed by atoms with Gasteiger partial charge in [0, 0.05) is 47.8 Å². The van der Waals surface area contributed by atoms with Gasteiger partial charge in [-0.2, -0.15) is 5.26 Å². The molecule has 1 aliphatic heterocycles. The molecule has 0 saturated carbocycles. The highest BCUT2D eigenvalue weighted by molar-refractivity contribution is 7.87. The first-order chi connectivity index (χ1) is 18.9. The predicted molar refractivity (Wildman–Crippen MR) is 159 cm³/mol. The number of carbonyl (C=O) groups excluding carboxylic acids is 1. The first kappa shape index (κ1) is 29.2. The molecular formula is C29H31Cl2N5O2S. The number of urea groups is 1. The van der Waals surface area contributed by atoms with E-state index in [2.05, 4.69) is 45.7 Å². The van der Waals surface area contributed by atoms with Crippen LogP contribution in [-0.2, 0) is 11.5 Å². The lowest BCUT2D eigenvalue weighted by molar-refractivity contribution is 0.232. The number of nitrogens with zero attached hydrogens (tertiary/aromatic N) is 2. The fraction of sp³-hybridized carbons (Fsp3) is 0.310. The summed E-state index contributed by atoms with van der Waals surface area (Å²) in [5.74, 6) is 0.362. The smallest absolute Gasteiger partial charge is 0.319 e. The molecule has 1 aliphatic rings. The summed E-state index contributed by atoms with van der Waals surface area (Å²) in [6.07, 6.45) is 1.72. The molecule has 0 aliphatic carbocycles. The van der Waals surface area contributed by atoms with Crippen molar-refractivity contribution in [2.24, 2.45) is 5.92 Å². The van der Waals surface area contributed by atoms with E-state index in [0.29, 0.717) is 53.4 Å². The van der Waals surface area contributed by atoms with Gasteiger partial charge in [0.05, 0.1) is 11.6 Å². The zero-order valence-electron chi connectivity index (χ0n) is 21.6. The lowest BCUT2D eigenvalue weighted by Gasteiger charge is -2.35. The lowest BCUT2D eigenvalue weighted by atomic mass is 9.80. The number of carbonyl (C=O) groups is 1. The molecule has 1 saturated heterocycles. The van der Waals surface area contributed by atoms with E-state index >= 15 is 0 Å². The van der Waals surface area contributed by atoms with Crippen LogP contribution >= 0.6 is 23.2 Å². The Morgan fingerprint density at radius 2 is 1.77 bits per heavy atom. The molecule has 10 heteroatoms. The molecular weight excluding hydrogens is 553 g/mol. The van der Waals surface area contributed by atoms with Crippen molar-refractivity contribution in [2.75, 3.05) is 31.5 Å². The number of anilines is 1. The molecule has 3 aromatic rings. The van der Waals surface area contributed by atoms with Crippen LogP contribution in [0.2, 0.25) is 10.0 Å². The van der Waals surface area contributed by atoms with Crippen molar-refractivity contribution in [3.8, 4) is 17.2 Å². The maximum atomic E-state index is 12.8. The van der Waals surface area contributed by atoms with Crippen molar-refractivity contribution >= 4 is 46.5 Å². The van der Waals surface area contributed by atoms with Gasteiger partial charge in [0.25, 0.3) is 0 Å². The molecule has 2 atom stereocenters. The molecule has 3 aromatic carbocycles. The molecule has 0 radical (unpaired) electrons. The third kappa shape index (κ3) is 8.12. The second-order valence-corrected chi connectivity index (χ2v) is 11.6. The lowest BCUT2D eigenvalue weighted by Crippen LogP contribution is -2.46. The number of hydrogen-bond donors (Lipinski definition) is 3. The van der Waals surface area contributed by atoms with E-state index in [1.54, 1.807) is 24.3 Å². The standard InChI is InChI=1S/C29H31Cl2N5O2S/c1-2-34-39(38)36-12-10-23(11-13-36)28(19-33-29(37)35-27-16-25(30)15-26(31)17-27)22-8-6-21(7-9-22)24-5-3-4-20(14-24)18-32/h3-9,14-17,23,28,34H,2,10-13,19H2,1H3,(H2,33,35,37). The van der Waals surface area contributed by atoms with E-state index in [9.17, 15) is 14.6 Å². The molecule has 39 heavy (non-hydrogen) atoms. The minimum atomic E-state index is -1.18. The van der Waals surface area contributed by atoms with Crippen molar-refractivity contribution in [2.45, 2.75) is 25.7 Å². The van der Waals surface area contributed by atoms with Crippen molar-refractivity contribution in [3.05, 3.63) is 87.9 Å². The topological polar surface area (TPSA) is 103 Å². The molecule has 4 rings (SSSR count). The Morgan fingerprint density at radius 3 is 2.41 bits per heavy atom. The Balaban J connectivity index is 1.49. The van der Waals surface area contributed by atoms with Crippen LogP contribution in [0.3, 0.4) is 0 Å². The summed E-state index contributed by atoms with van der Waals surface area (Å²) >= 11 is 11.0. The molecule has 1 heterocycles. The van der Waals surface area contributed by atoms with Gasteiger partial charge in [-0.3, -0.25) is 0 Å². The summed E-state index contributed by atoms with van der Waals surface area (Å²) in [4.78, 5) is 12.8. The van der Waals surface area contributed by atoms with Crippen molar-refractivity contribution in [1.29, 1.82) is 5.26 Å². The van der Waals surface area contributed by atoms with E-state index in [1.165, 1.54) is 0 Å². The van der Waals surface area contributed by atoms with Gasteiger partial charge in [0.15, 0.2) is 0 Å². The van der Waals surface area contributed by atoms with Crippen LogP contribution in [0.15, 0.2) is 66.7 Å². The average Bonchev–Trinajstić information content (AvgIpc) is 2.93. The number of nitrogens with one attached hydrogen (secondary N) is 3. The zero-order valence-corrected chi connectivity index (χ0v) is 24.0. The number of benzene rings is 3. The van der Waals surface area contributed by atoms with Crippen molar-refractivity contribution in [3.63, 3.8) is 0 Å². The monoisotopic (exact) mass is 583 g/mol. The largest absolute Gasteiger partial charge is 0.579 e. The third-order valence-electron chi connectivity index (χ3n) is 6.84. The number of piperidine rings is 1. The van der Waals surface area contributed by atoms with Crippen molar-refractivity contribution < 1.29 is 9.35 Å². The van der Waals surface area contributed by atoms with Gasteiger partial charge in [-0.1, -0.05) is 59.6 Å². The Morgan fingerprint density at radius 1 is 1.08 bits per heavy atom. The highest BCUT2D eigenvalue weighted by atomic mass is 35.5. The summed E-state index contributed by atoms with van der Waals surface area (Å²) in [5, 5.41) is 16.0. The number of rotatable bonds is 9. The molecule has 2 amide bonds. The first-order valence-electron chi connectivity index (χ1n) is 12.9. The van der Waals surface area contributed by atoms with Gasteiger partial charge < -0.3 is 15.2 Å². The molecule has 0 spiro atoms. The Bertz CT molecular complexity index is 1290. The minimum Gasteiger partial charge on any atom is -0.579 e. The maximum absolute atomic E-state index is 12.8. The Kier molecular flexibility index (Phi) is 10.5. The van der Waals surface area contributed by atoms with E-state index in [1.807, 2.05) is 29.4 Å². The van der Waals surface area contributed by atoms with Crippen LogP contribution in [-0.4, -0.2) is 41.1 Å². The molecule has 3 N–H and O–H groups in total. The Labute approximate surface area is 242 Å². The van der Waals surface area contributed by atoms with Crippen LogP contribution in [0.4, 0.5) is 10.5 Å². The molecule has 7 nitrogen and oxygen atoms in total. The van der Waals surface area contributed by atoms with Crippen LogP contribution in [0.5, 0.6) is 0 Å². The van der Waals surface area contributed by atoms with Gasteiger partial charge >= 0.3 is 6.03 Å². The number of hydrogen-bond acceptors (Lipinski definition) is 5. The fourth-order valence-electron chi connectivity index (χ4n) is 4.91. The minimum absolute atomic E-state index is 0.0629. The maximum Gasteiger partial charge on any atom is 0.319 e. The van der Waals surface area contributed by atoms with E-state index < -0.39 is 11.5 Å². The van der Waals surface area contributed by atoms with E-state index in [0.717, 1.165) is 29.5 Å². The summed E-state index contributed by atoms with van der Waals surface area (Å²) in [6.45, 7) is 4.45. The summed E-state index contributed by atoms with van der Waals surface area (Å²) in [6, 6.07) is 22.6.